The smallest absolute Gasteiger partial charge is 0.245 e. The van der Waals surface area contributed by atoms with Crippen LogP contribution in [0.2, 0.25) is 0 Å². The maximum atomic E-state index is 6.22. The van der Waals surface area contributed by atoms with Crippen molar-refractivity contribution < 1.29 is 9.47 Å². The van der Waals surface area contributed by atoms with E-state index >= 15 is 0 Å². The van der Waals surface area contributed by atoms with E-state index < -0.39 is 0 Å². The van der Waals surface area contributed by atoms with Crippen molar-refractivity contribution in [3.05, 3.63) is 12.2 Å². The van der Waals surface area contributed by atoms with Crippen molar-refractivity contribution in [2.24, 2.45) is 0 Å². The van der Waals surface area contributed by atoms with E-state index in [2.05, 4.69) is 15.0 Å². The first-order chi connectivity index (χ1) is 9.69. The third-order valence-electron chi connectivity index (χ3n) is 3.06. The van der Waals surface area contributed by atoms with Gasteiger partial charge in [-0.25, -0.2) is 9.97 Å². The number of imidazole rings is 1. The Morgan fingerprint density at radius 1 is 1.30 bits per heavy atom. The molecule has 0 aliphatic carbocycles. The van der Waals surface area contributed by atoms with Gasteiger partial charge < -0.3 is 14.0 Å². The normalized spacial score (nSPS) is 12.8. The van der Waals surface area contributed by atoms with Crippen LogP contribution in [0, 0.1) is 0 Å². The van der Waals surface area contributed by atoms with Crippen LogP contribution in [0.3, 0.4) is 0 Å². The zero-order chi connectivity index (χ0) is 14.5. The summed E-state index contributed by atoms with van der Waals surface area (Å²) in [6.45, 7) is 3.44. The number of nitrogens with zero attached hydrogens (tertiary/aromatic N) is 4. The van der Waals surface area contributed by atoms with Gasteiger partial charge in [-0.1, -0.05) is 0 Å². The molecule has 0 aliphatic heterocycles. The molecule has 0 saturated carbocycles. The lowest BCUT2D eigenvalue weighted by molar-refractivity contribution is 0.191. The van der Waals surface area contributed by atoms with Crippen LogP contribution in [-0.2, 0) is 11.3 Å². The van der Waals surface area contributed by atoms with Crippen molar-refractivity contribution in [3.63, 3.8) is 0 Å². The molecule has 1 unspecified atom stereocenters. The maximum absolute atomic E-state index is 6.22. The van der Waals surface area contributed by atoms with E-state index in [-0.39, 0.29) is 5.38 Å². The standard InChI is InChI=1S/C13H19ClN4O2/c1-9(14)11-17-10-12(15-8-16-13(10)20-3)18(11)6-4-5-7-19-2/h8-9H,4-7H2,1-3H3. The number of aryl methyl sites for hydroxylation is 1. The van der Waals surface area contributed by atoms with Crippen LogP contribution in [0.1, 0.15) is 31.0 Å². The second kappa shape index (κ2) is 6.85. The van der Waals surface area contributed by atoms with Crippen molar-refractivity contribution in [2.45, 2.75) is 31.7 Å². The fourth-order valence-electron chi connectivity index (χ4n) is 2.12. The van der Waals surface area contributed by atoms with Gasteiger partial charge in [-0.05, 0) is 19.8 Å². The Kier molecular flexibility index (Phi) is 5.14. The summed E-state index contributed by atoms with van der Waals surface area (Å²) in [6.07, 6.45) is 3.44. The Morgan fingerprint density at radius 2 is 2.10 bits per heavy atom. The van der Waals surface area contributed by atoms with Gasteiger partial charge in [0.25, 0.3) is 0 Å². The molecule has 0 amide bonds. The average molecular weight is 299 g/mol. The number of hydrogen-bond acceptors (Lipinski definition) is 5. The fourth-order valence-corrected chi connectivity index (χ4v) is 2.29. The minimum atomic E-state index is -0.198. The van der Waals surface area contributed by atoms with Crippen molar-refractivity contribution in [1.82, 2.24) is 19.5 Å². The summed E-state index contributed by atoms with van der Waals surface area (Å²) in [7, 11) is 3.28. The molecule has 0 bridgehead atoms. The fraction of sp³-hybridized carbons (Fsp3) is 0.615. The van der Waals surface area contributed by atoms with E-state index in [9.17, 15) is 0 Å². The number of halogens is 1. The molecule has 0 radical (unpaired) electrons. The largest absolute Gasteiger partial charge is 0.479 e. The SMILES string of the molecule is COCCCCn1c(C(C)Cl)nc2c(OC)ncnc21. The summed E-state index contributed by atoms with van der Waals surface area (Å²) in [6, 6.07) is 0. The third kappa shape index (κ3) is 3.02. The van der Waals surface area contributed by atoms with E-state index in [1.54, 1.807) is 14.2 Å². The van der Waals surface area contributed by atoms with Crippen molar-refractivity contribution >= 4 is 22.8 Å². The number of methoxy groups -OCH3 is 2. The van der Waals surface area contributed by atoms with Crippen LogP contribution in [0.25, 0.3) is 11.2 Å². The van der Waals surface area contributed by atoms with Gasteiger partial charge in [0.15, 0.2) is 11.2 Å². The van der Waals surface area contributed by atoms with Gasteiger partial charge in [-0.15, -0.1) is 11.6 Å². The number of rotatable bonds is 7. The number of alkyl halides is 1. The molecule has 20 heavy (non-hydrogen) atoms. The van der Waals surface area contributed by atoms with Gasteiger partial charge in [-0.3, -0.25) is 0 Å². The van der Waals surface area contributed by atoms with Crippen LogP contribution < -0.4 is 4.74 Å². The molecular weight excluding hydrogens is 280 g/mol. The molecule has 0 spiro atoms. The van der Waals surface area contributed by atoms with Crippen molar-refractivity contribution in [2.75, 3.05) is 20.8 Å². The highest BCUT2D eigenvalue weighted by Crippen LogP contribution is 2.27. The number of ether oxygens (including phenoxy) is 2. The first-order valence-corrected chi connectivity index (χ1v) is 7.00. The molecule has 0 saturated heterocycles. The summed E-state index contributed by atoms with van der Waals surface area (Å²) in [5, 5.41) is -0.198. The zero-order valence-electron chi connectivity index (χ0n) is 12.0. The predicted molar refractivity (Wildman–Crippen MR) is 77.3 cm³/mol. The molecule has 110 valence electrons. The van der Waals surface area contributed by atoms with Gasteiger partial charge in [0, 0.05) is 20.3 Å². The Bertz CT molecular complexity index is 571. The summed E-state index contributed by atoms with van der Waals surface area (Å²) in [5.41, 5.74) is 1.42. The van der Waals surface area contributed by atoms with Crippen molar-refractivity contribution in [3.8, 4) is 5.88 Å². The molecule has 1 atom stereocenters. The molecule has 2 rings (SSSR count). The Morgan fingerprint density at radius 3 is 2.75 bits per heavy atom. The highest BCUT2D eigenvalue weighted by molar-refractivity contribution is 6.20. The van der Waals surface area contributed by atoms with Gasteiger partial charge >= 0.3 is 0 Å². The van der Waals surface area contributed by atoms with Crippen LogP contribution in [0.5, 0.6) is 5.88 Å². The molecule has 2 aromatic heterocycles. The lowest BCUT2D eigenvalue weighted by Crippen LogP contribution is -2.06. The van der Waals surface area contributed by atoms with Gasteiger partial charge in [0.05, 0.1) is 12.5 Å². The minimum absolute atomic E-state index is 0.198. The minimum Gasteiger partial charge on any atom is -0.479 e. The summed E-state index contributed by atoms with van der Waals surface area (Å²) in [5.74, 6) is 1.27. The van der Waals surface area contributed by atoms with Crippen LogP contribution in [0.4, 0.5) is 0 Å². The summed E-state index contributed by atoms with van der Waals surface area (Å²) >= 11 is 6.22. The molecule has 0 aliphatic rings. The number of fused-ring (bicyclic) bond motifs is 1. The molecular formula is C13H19ClN4O2. The first kappa shape index (κ1) is 15.0. The monoisotopic (exact) mass is 298 g/mol. The summed E-state index contributed by atoms with van der Waals surface area (Å²) in [4.78, 5) is 12.9. The zero-order valence-corrected chi connectivity index (χ0v) is 12.7. The molecule has 0 N–H and O–H groups in total. The quantitative estimate of drug-likeness (QED) is 0.581. The lowest BCUT2D eigenvalue weighted by Gasteiger charge is -2.09. The van der Waals surface area contributed by atoms with Gasteiger partial charge in [0.1, 0.15) is 12.2 Å². The molecule has 6 nitrogen and oxygen atoms in total. The molecule has 0 aromatic carbocycles. The predicted octanol–water partition coefficient (Wildman–Crippen LogP) is 2.56. The van der Waals surface area contributed by atoms with Crippen LogP contribution in [0.15, 0.2) is 6.33 Å². The Hall–Kier alpha value is -1.40. The van der Waals surface area contributed by atoms with Crippen molar-refractivity contribution in [1.29, 1.82) is 0 Å². The first-order valence-electron chi connectivity index (χ1n) is 6.57. The highest BCUT2D eigenvalue weighted by Gasteiger charge is 2.18. The van der Waals surface area contributed by atoms with E-state index in [4.69, 9.17) is 21.1 Å². The Balaban J connectivity index is 2.36. The van der Waals surface area contributed by atoms with Gasteiger partial charge in [0.2, 0.25) is 5.88 Å². The van der Waals surface area contributed by atoms with E-state index in [1.807, 2.05) is 11.5 Å². The van der Waals surface area contributed by atoms with Gasteiger partial charge in [-0.2, -0.15) is 4.98 Å². The number of aromatic nitrogens is 4. The number of unbranched alkanes of at least 4 members (excludes halogenated alkanes) is 1. The Labute approximate surface area is 123 Å². The molecule has 2 heterocycles. The number of hydrogen-bond donors (Lipinski definition) is 0. The topological polar surface area (TPSA) is 62.1 Å². The summed E-state index contributed by atoms with van der Waals surface area (Å²) < 4.78 is 12.3. The molecule has 0 fully saturated rings. The second-order valence-corrected chi connectivity index (χ2v) is 5.15. The third-order valence-corrected chi connectivity index (χ3v) is 3.25. The molecule has 2 aromatic rings. The van der Waals surface area contributed by atoms with E-state index in [0.29, 0.717) is 11.4 Å². The highest BCUT2D eigenvalue weighted by atomic mass is 35.5. The lowest BCUT2D eigenvalue weighted by atomic mass is 10.3. The maximum Gasteiger partial charge on any atom is 0.245 e. The van der Waals surface area contributed by atoms with Crippen LogP contribution in [-0.4, -0.2) is 40.3 Å². The van der Waals surface area contributed by atoms with E-state index in [0.717, 1.165) is 37.5 Å². The second-order valence-electron chi connectivity index (χ2n) is 4.49. The average Bonchev–Trinajstić information content (AvgIpc) is 2.82. The van der Waals surface area contributed by atoms with Crippen LogP contribution >= 0.6 is 11.6 Å². The molecule has 7 heteroatoms. The van der Waals surface area contributed by atoms with E-state index in [1.165, 1.54) is 6.33 Å².